The molecule has 1 fully saturated rings. The molecule has 1 aromatic heterocycles. The Kier molecular flexibility index (Phi) is 9.75. The molecule has 41 heavy (non-hydrogen) atoms. The summed E-state index contributed by atoms with van der Waals surface area (Å²) in [6.07, 6.45) is 2.02. The number of methoxy groups -OCH3 is 1. The zero-order valence-corrected chi connectivity index (χ0v) is 23.3. The first-order valence-electron chi connectivity index (χ1n) is 12.9. The van der Waals surface area contributed by atoms with Crippen LogP contribution in [0.5, 0.6) is 11.5 Å². The Bertz CT molecular complexity index is 1430. The van der Waals surface area contributed by atoms with Gasteiger partial charge in [0.05, 0.1) is 36.9 Å². The Morgan fingerprint density at radius 1 is 1.22 bits per heavy atom. The second kappa shape index (κ2) is 13.6. The van der Waals surface area contributed by atoms with Crippen LogP contribution in [0.15, 0.2) is 72.0 Å². The summed E-state index contributed by atoms with van der Waals surface area (Å²) >= 11 is 6.22. The Balaban J connectivity index is 1.61. The molecule has 1 aliphatic rings. The number of carboxylic acids is 1. The van der Waals surface area contributed by atoms with Crippen molar-refractivity contribution >= 4 is 35.3 Å². The topological polar surface area (TPSA) is 142 Å². The van der Waals surface area contributed by atoms with Crippen molar-refractivity contribution < 1.29 is 29.1 Å². The second-order valence-corrected chi connectivity index (χ2v) is 9.73. The maximum Gasteiger partial charge on any atom is 0.335 e. The van der Waals surface area contributed by atoms with Gasteiger partial charge in [0.15, 0.2) is 11.6 Å². The number of aromatic nitrogens is 1. The van der Waals surface area contributed by atoms with Gasteiger partial charge in [-0.05, 0) is 60.9 Å². The third-order valence-corrected chi connectivity index (χ3v) is 6.76. The van der Waals surface area contributed by atoms with Gasteiger partial charge in [0.25, 0.3) is 0 Å². The van der Waals surface area contributed by atoms with Gasteiger partial charge in [-0.2, -0.15) is 0 Å². The largest absolute Gasteiger partial charge is 0.496 e. The predicted molar refractivity (Wildman–Crippen MR) is 152 cm³/mol. The molecule has 214 valence electrons. The number of aromatic carboxylic acids is 1. The number of amides is 3. The number of ether oxygens (including phenoxy) is 1. The van der Waals surface area contributed by atoms with E-state index in [1.54, 1.807) is 42.5 Å². The number of carbonyl (C=O) groups excluding carboxylic acids is 2. The van der Waals surface area contributed by atoms with E-state index < -0.39 is 29.9 Å². The van der Waals surface area contributed by atoms with E-state index in [0.717, 1.165) is 4.90 Å². The Hall–Kier alpha value is -4.64. The van der Waals surface area contributed by atoms with Crippen LogP contribution in [0.2, 0.25) is 5.02 Å². The van der Waals surface area contributed by atoms with Crippen molar-refractivity contribution in [1.82, 2.24) is 20.5 Å². The van der Waals surface area contributed by atoms with E-state index in [1.807, 2.05) is 13.0 Å². The lowest BCUT2D eigenvalue weighted by molar-refractivity contribution is -0.131. The average Bonchev–Trinajstić information content (AvgIpc) is 3.14. The monoisotopic (exact) mass is 579 g/mol. The number of urea groups is 1. The molecule has 0 radical (unpaired) electrons. The molecule has 1 aliphatic heterocycles. The molecule has 2 heterocycles. The molecule has 2 aromatic carbocycles. The van der Waals surface area contributed by atoms with Gasteiger partial charge >= 0.3 is 12.0 Å². The molecule has 3 N–H and O–H groups in total. The first-order chi connectivity index (χ1) is 19.8. The Morgan fingerprint density at radius 2 is 2.00 bits per heavy atom. The van der Waals surface area contributed by atoms with E-state index in [1.165, 1.54) is 25.4 Å². The molecule has 4 rings (SSSR count). The summed E-state index contributed by atoms with van der Waals surface area (Å²) in [5.41, 5.74) is 1.12. The van der Waals surface area contributed by atoms with Crippen LogP contribution in [0.4, 0.5) is 4.79 Å². The van der Waals surface area contributed by atoms with Crippen LogP contribution in [-0.2, 0) is 11.2 Å². The van der Waals surface area contributed by atoms with Crippen LogP contribution < -0.4 is 20.2 Å². The first kappa shape index (κ1) is 29.3. The van der Waals surface area contributed by atoms with Gasteiger partial charge in [-0.1, -0.05) is 41.9 Å². The fourth-order valence-corrected chi connectivity index (χ4v) is 4.56. The van der Waals surface area contributed by atoms with Crippen molar-refractivity contribution in [3.63, 3.8) is 0 Å². The Morgan fingerprint density at radius 3 is 2.71 bits per heavy atom. The average molecular weight is 580 g/mol. The van der Waals surface area contributed by atoms with Crippen molar-refractivity contribution in [2.24, 2.45) is 11.1 Å². The van der Waals surface area contributed by atoms with Gasteiger partial charge in [-0.25, -0.2) is 9.59 Å². The number of halogens is 1. The van der Waals surface area contributed by atoms with Crippen LogP contribution in [0.3, 0.4) is 0 Å². The van der Waals surface area contributed by atoms with Crippen molar-refractivity contribution in [3.8, 4) is 11.5 Å². The van der Waals surface area contributed by atoms with Gasteiger partial charge in [-0.3, -0.25) is 14.7 Å². The number of pyridine rings is 1. The van der Waals surface area contributed by atoms with Gasteiger partial charge < -0.3 is 25.3 Å². The van der Waals surface area contributed by atoms with Crippen LogP contribution in [-0.4, -0.2) is 58.9 Å². The molecule has 11 nitrogen and oxygen atoms in total. The van der Waals surface area contributed by atoms with E-state index in [4.69, 9.17) is 21.2 Å². The first-order valence-corrected chi connectivity index (χ1v) is 13.3. The molecule has 3 aromatic rings. The van der Waals surface area contributed by atoms with Crippen LogP contribution in [0.1, 0.15) is 41.0 Å². The van der Waals surface area contributed by atoms with E-state index in [9.17, 15) is 19.5 Å². The molecule has 0 bridgehead atoms. The summed E-state index contributed by atoms with van der Waals surface area (Å²) in [6, 6.07) is 15.5. The maximum atomic E-state index is 13.8. The van der Waals surface area contributed by atoms with Crippen LogP contribution in [0, 0.1) is 5.92 Å². The molecule has 1 unspecified atom stereocenters. The minimum absolute atomic E-state index is 0.0424. The van der Waals surface area contributed by atoms with Crippen molar-refractivity contribution in [1.29, 1.82) is 0 Å². The molecule has 0 saturated carbocycles. The normalized spacial score (nSPS) is 16.9. The lowest BCUT2D eigenvalue weighted by Gasteiger charge is -2.25. The SMILES string of the molecule is CCC(NC(=O)N1C/C(=N/Oc2ccccc2)NC[C@@H](Cc2cc(Cl)ccc2OC)C1=O)c1cc(C(=O)O)ccn1. The van der Waals surface area contributed by atoms with Gasteiger partial charge in [0, 0.05) is 17.8 Å². The molecular weight excluding hydrogens is 550 g/mol. The van der Waals surface area contributed by atoms with E-state index in [2.05, 4.69) is 20.8 Å². The fraction of sp³-hybridized carbons (Fsp3) is 0.276. The van der Waals surface area contributed by atoms with Gasteiger partial charge in [0.1, 0.15) is 5.75 Å². The minimum Gasteiger partial charge on any atom is -0.496 e. The highest BCUT2D eigenvalue weighted by Crippen LogP contribution is 2.27. The quantitative estimate of drug-likeness (QED) is 0.319. The summed E-state index contributed by atoms with van der Waals surface area (Å²) in [5.74, 6) is -0.891. The summed E-state index contributed by atoms with van der Waals surface area (Å²) in [5, 5.41) is 20.0. The zero-order valence-electron chi connectivity index (χ0n) is 22.5. The van der Waals surface area contributed by atoms with E-state index in [-0.39, 0.29) is 30.9 Å². The number of hydrogen-bond donors (Lipinski definition) is 3. The fourth-order valence-electron chi connectivity index (χ4n) is 4.37. The number of hydrogen-bond acceptors (Lipinski definition) is 7. The number of benzene rings is 2. The van der Waals surface area contributed by atoms with Crippen molar-refractivity contribution in [2.75, 3.05) is 20.2 Å². The number of carboxylic acid groups (broad SMARTS) is 1. The zero-order chi connectivity index (χ0) is 29.4. The highest BCUT2D eigenvalue weighted by Gasteiger charge is 2.35. The van der Waals surface area contributed by atoms with E-state index in [0.29, 0.717) is 34.2 Å². The molecule has 12 heteroatoms. The highest BCUT2D eigenvalue weighted by molar-refractivity contribution is 6.30. The third-order valence-electron chi connectivity index (χ3n) is 6.53. The van der Waals surface area contributed by atoms with Crippen LogP contribution in [0.25, 0.3) is 0 Å². The number of rotatable bonds is 9. The maximum absolute atomic E-state index is 13.8. The number of imide groups is 1. The van der Waals surface area contributed by atoms with Crippen molar-refractivity contribution in [2.45, 2.75) is 25.8 Å². The molecule has 0 spiro atoms. The van der Waals surface area contributed by atoms with Gasteiger partial charge in [0.2, 0.25) is 5.91 Å². The summed E-state index contributed by atoms with van der Waals surface area (Å²) < 4.78 is 5.46. The molecule has 1 saturated heterocycles. The van der Waals surface area contributed by atoms with Crippen LogP contribution >= 0.6 is 11.6 Å². The number of nitrogens with one attached hydrogen (secondary N) is 2. The summed E-state index contributed by atoms with van der Waals surface area (Å²) in [6.45, 7) is 1.81. The number of oxime groups is 1. The lowest BCUT2D eigenvalue weighted by Crippen LogP contribution is -2.48. The van der Waals surface area contributed by atoms with Gasteiger partial charge in [-0.15, -0.1) is 0 Å². The number of nitrogens with zero attached hydrogens (tertiary/aromatic N) is 3. The van der Waals surface area contributed by atoms with E-state index >= 15 is 0 Å². The third kappa shape index (κ3) is 7.52. The molecular formula is C29H30ClN5O6. The number of carbonyl (C=O) groups is 3. The number of para-hydroxylation sites is 1. The predicted octanol–water partition coefficient (Wildman–Crippen LogP) is 4.29. The summed E-state index contributed by atoms with van der Waals surface area (Å²) in [4.78, 5) is 49.7. The molecule has 2 atom stereocenters. The summed E-state index contributed by atoms with van der Waals surface area (Å²) in [7, 11) is 1.53. The number of amidine groups is 1. The molecule has 3 amide bonds. The lowest BCUT2D eigenvalue weighted by atomic mass is 9.97. The molecule has 0 aliphatic carbocycles. The second-order valence-electron chi connectivity index (χ2n) is 9.29. The Labute approximate surface area is 242 Å². The van der Waals surface area contributed by atoms with Crippen molar-refractivity contribution in [3.05, 3.63) is 88.7 Å². The standard InChI is InChI=1S/C29H30ClN5O6/c1-3-23(24-15-18(28(37)38)11-12-31-24)33-29(39)35-17-26(34-41-22-7-5-4-6-8-22)32-16-20(27(35)36)13-19-14-21(30)9-10-25(19)40-2/h4-12,14-15,20,23H,3,13,16-17H2,1-2H3,(H,32,34)(H,33,39)(H,37,38)/t20-,23?/m1/s1. The highest BCUT2D eigenvalue weighted by atomic mass is 35.5. The minimum atomic E-state index is -1.11. The smallest absolute Gasteiger partial charge is 0.335 e.